The van der Waals surface area contributed by atoms with Crippen LogP contribution in [0.3, 0.4) is 0 Å². The SMILES string of the molecule is CC(C)(C)OC(=O)N1CCN(Cc2cc(NC(=O)OCC3c4ccccc4-c4ccccc43)cc(OS(=O)(=O)F)c2)CC1. The lowest BCUT2D eigenvalue weighted by molar-refractivity contribution is 0.0139. The number of fused-ring (bicyclic) bond motifs is 3. The quantitative estimate of drug-likeness (QED) is 0.339. The summed E-state index contributed by atoms with van der Waals surface area (Å²) in [7, 11) is -5.30. The zero-order chi connectivity index (χ0) is 30.8. The van der Waals surface area contributed by atoms with Crippen molar-refractivity contribution in [1.29, 1.82) is 0 Å². The van der Waals surface area contributed by atoms with E-state index in [4.69, 9.17) is 9.47 Å². The van der Waals surface area contributed by atoms with Gasteiger partial charge in [0.2, 0.25) is 0 Å². The van der Waals surface area contributed by atoms with Crippen molar-refractivity contribution in [3.63, 3.8) is 0 Å². The van der Waals surface area contributed by atoms with E-state index < -0.39 is 22.2 Å². The average molecular weight is 612 g/mol. The summed E-state index contributed by atoms with van der Waals surface area (Å²) in [5.41, 5.74) is 4.48. The van der Waals surface area contributed by atoms with Gasteiger partial charge < -0.3 is 18.6 Å². The maximum Gasteiger partial charge on any atom is 0.488 e. The third-order valence-corrected chi connectivity index (χ3v) is 7.57. The lowest BCUT2D eigenvalue weighted by Gasteiger charge is -2.35. The first-order valence-electron chi connectivity index (χ1n) is 13.9. The average Bonchev–Trinajstić information content (AvgIpc) is 3.24. The van der Waals surface area contributed by atoms with Gasteiger partial charge in [-0.05, 0) is 60.7 Å². The highest BCUT2D eigenvalue weighted by molar-refractivity contribution is 7.81. The van der Waals surface area contributed by atoms with Gasteiger partial charge in [-0.2, -0.15) is 8.42 Å². The molecule has 5 rings (SSSR count). The molecule has 0 aromatic heterocycles. The van der Waals surface area contributed by atoms with Gasteiger partial charge in [0.15, 0.2) is 0 Å². The fraction of sp³-hybridized carbons (Fsp3) is 0.355. The lowest BCUT2D eigenvalue weighted by Crippen LogP contribution is -2.49. The molecule has 1 aliphatic heterocycles. The number of piperazine rings is 1. The standard InChI is InChI=1S/C31H34FN3O7S/c1-31(2,3)41-30(37)35-14-12-34(13-15-35)19-21-16-22(18-23(17-21)42-43(32,38)39)33-29(36)40-20-28-26-10-6-4-8-24(26)25-9-5-7-11-27(25)28/h4-11,16-18,28H,12-15,19-20H2,1-3H3,(H,33,36). The van der Waals surface area contributed by atoms with Gasteiger partial charge >= 0.3 is 22.7 Å². The second kappa shape index (κ2) is 12.2. The Kier molecular flexibility index (Phi) is 8.61. The van der Waals surface area contributed by atoms with Crippen molar-refractivity contribution < 1.29 is 35.5 Å². The van der Waals surface area contributed by atoms with E-state index in [-0.39, 0.29) is 30.1 Å². The number of hydrogen-bond donors (Lipinski definition) is 1. The molecular formula is C31H34FN3O7S. The molecule has 3 aromatic rings. The van der Waals surface area contributed by atoms with Crippen LogP contribution in [0.2, 0.25) is 0 Å². The Balaban J connectivity index is 1.24. The van der Waals surface area contributed by atoms with E-state index in [1.54, 1.807) is 11.0 Å². The molecule has 0 saturated carbocycles. The number of rotatable bonds is 7. The number of anilines is 1. The summed E-state index contributed by atoms with van der Waals surface area (Å²) < 4.78 is 51.4. The molecule has 12 heteroatoms. The maximum atomic E-state index is 13.4. The number of halogens is 1. The Morgan fingerprint density at radius 1 is 0.930 bits per heavy atom. The van der Waals surface area contributed by atoms with E-state index in [2.05, 4.69) is 9.50 Å². The molecule has 43 heavy (non-hydrogen) atoms. The van der Waals surface area contributed by atoms with E-state index in [0.717, 1.165) is 22.3 Å². The van der Waals surface area contributed by atoms with Gasteiger partial charge in [0.1, 0.15) is 18.0 Å². The Morgan fingerprint density at radius 3 is 2.12 bits per heavy atom. The van der Waals surface area contributed by atoms with Crippen molar-refractivity contribution >= 4 is 28.4 Å². The molecule has 10 nitrogen and oxygen atoms in total. The molecule has 1 heterocycles. The van der Waals surface area contributed by atoms with Gasteiger partial charge in [0.05, 0.1) is 0 Å². The van der Waals surface area contributed by atoms with Crippen molar-refractivity contribution in [1.82, 2.24) is 9.80 Å². The Labute approximate surface area is 250 Å². The zero-order valence-electron chi connectivity index (χ0n) is 24.2. The van der Waals surface area contributed by atoms with Crippen LogP contribution in [0.5, 0.6) is 5.75 Å². The monoisotopic (exact) mass is 611 g/mol. The minimum absolute atomic E-state index is 0.0870. The van der Waals surface area contributed by atoms with Crippen LogP contribution in [-0.2, 0) is 26.5 Å². The molecule has 0 radical (unpaired) electrons. The first-order chi connectivity index (χ1) is 20.3. The van der Waals surface area contributed by atoms with Gasteiger partial charge in [0.25, 0.3) is 0 Å². The zero-order valence-corrected chi connectivity index (χ0v) is 25.0. The Bertz CT molecular complexity index is 1570. The minimum Gasteiger partial charge on any atom is -0.448 e. The second-order valence-electron chi connectivity index (χ2n) is 11.5. The van der Waals surface area contributed by atoms with E-state index in [9.17, 15) is 21.9 Å². The Hall–Kier alpha value is -4.16. The molecule has 1 aliphatic carbocycles. The predicted octanol–water partition coefficient (Wildman–Crippen LogP) is 5.69. The fourth-order valence-electron chi connectivity index (χ4n) is 5.41. The number of benzene rings is 3. The van der Waals surface area contributed by atoms with Crippen molar-refractivity contribution in [3.8, 4) is 16.9 Å². The topological polar surface area (TPSA) is 114 Å². The first kappa shape index (κ1) is 30.3. The largest absolute Gasteiger partial charge is 0.488 e. The van der Waals surface area contributed by atoms with Crippen LogP contribution in [0.15, 0.2) is 66.7 Å². The molecule has 0 unspecified atom stereocenters. The molecule has 228 valence electrons. The van der Waals surface area contributed by atoms with Crippen LogP contribution in [0.1, 0.15) is 43.4 Å². The van der Waals surface area contributed by atoms with Crippen molar-refractivity contribution in [2.75, 3.05) is 38.1 Å². The number of carbonyl (C=O) groups is 2. The predicted molar refractivity (Wildman–Crippen MR) is 159 cm³/mol. The summed E-state index contributed by atoms with van der Waals surface area (Å²) in [6.07, 6.45) is -1.13. The second-order valence-corrected chi connectivity index (χ2v) is 12.5. The number of amides is 2. The fourth-order valence-corrected chi connectivity index (χ4v) is 5.74. The first-order valence-corrected chi connectivity index (χ1v) is 15.3. The van der Waals surface area contributed by atoms with E-state index >= 15 is 0 Å². The van der Waals surface area contributed by atoms with Crippen LogP contribution in [-0.4, -0.2) is 68.8 Å². The molecule has 0 bridgehead atoms. The van der Waals surface area contributed by atoms with E-state index in [1.807, 2.05) is 74.2 Å². The molecule has 0 atom stereocenters. The number of nitrogens with zero attached hydrogens (tertiary/aromatic N) is 2. The van der Waals surface area contributed by atoms with Crippen LogP contribution >= 0.6 is 0 Å². The molecule has 3 aromatic carbocycles. The van der Waals surface area contributed by atoms with Crippen molar-refractivity contribution in [3.05, 3.63) is 83.4 Å². The van der Waals surface area contributed by atoms with Gasteiger partial charge in [-0.3, -0.25) is 10.2 Å². The van der Waals surface area contributed by atoms with Crippen LogP contribution in [0, 0.1) is 0 Å². The summed E-state index contributed by atoms with van der Waals surface area (Å²) in [5, 5.41) is 2.61. The lowest BCUT2D eigenvalue weighted by atomic mass is 9.98. The van der Waals surface area contributed by atoms with Gasteiger partial charge in [-0.1, -0.05) is 52.4 Å². The summed E-state index contributed by atoms with van der Waals surface area (Å²) in [5.74, 6) is -0.430. The molecular weight excluding hydrogens is 577 g/mol. The summed E-state index contributed by atoms with van der Waals surface area (Å²) in [4.78, 5) is 28.9. The van der Waals surface area contributed by atoms with Crippen molar-refractivity contribution in [2.24, 2.45) is 0 Å². The highest BCUT2D eigenvalue weighted by Crippen LogP contribution is 2.44. The third kappa shape index (κ3) is 7.82. The third-order valence-electron chi connectivity index (χ3n) is 7.18. The maximum absolute atomic E-state index is 13.4. The number of hydrogen-bond acceptors (Lipinski definition) is 8. The van der Waals surface area contributed by atoms with E-state index in [1.165, 1.54) is 12.1 Å². The van der Waals surface area contributed by atoms with Gasteiger partial charge in [-0.25, -0.2) is 9.59 Å². The van der Waals surface area contributed by atoms with Gasteiger partial charge in [-0.15, -0.1) is 0 Å². The van der Waals surface area contributed by atoms with Crippen LogP contribution < -0.4 is 9.50 Å². The molecule has 2 amide bonds. The van der Waals surface area contributed by atoms with E-state index in [0.29, 0.717) is 38.3 Å². The number of carbonyl (C=O) groups excluding carboxylic acids is 2. The highest BCUT2D eigenvalue weighted by atomic mass is 32.3. The molecule has 2 aliphatic rings. The van der Waals surface area contributed by atoms with Crippen molar-refractivity contribution in [2.45, 2.75) is 38.8 Å². The minimum atomic E-state index is -5.30. The van der Waals surface area contributed by atoms with Crippen LogP contribution in [0.4, 0.5) is 19.2 Å². The molecule has 1 fully saturated rings. The molecule has 0 spiro atoms. The smallest absolute Gasteiger partial charge is 0.448 e. The van der Waals surface area contributed by atoms with Crippen LogP contribution in [0.25, 0.3) is 11.1 Å². The summed E-state index contributed by atoms with van der Waals surface area (Å²) in [6, 6.07) is 20.2. The van der Waals surface area contributed by atoms with Gasteiger partial charge in [0, 0.05) is 50.4 Å². The number of ether oxygens (including phenoxy) is 2. The Morgan fingerprint density at radius 2 is 1.53 bits per heavy atom. The highest BCUT2D eigenvalue weighted by Gasteiger charge is 2.29. The summed E-state index contributed by atoms with van der Waals surface area (Å²) in [6.45, 7) is 7.78. The normalized spacial score (nSPS) is 15.4. The molecule has 1 N–H and O–H groups in total. The number of nitrogens with one attached hydrogen (secondary N) is 1. The summed E-state index contributed by atoms with van der Waals surface area (Å²) >= 11 is 0. The molecule has 1 saturated heterocycles.